The van der Waals surface area contributed by atoms with Gasteiger partial charge in [0.05, 0.1) is 12.4 Å². The standard InChI is InChI=1S/C8H17NO/c1-8(2)10-7-5-6-9(3)4/h1,5-7H2,2-4H3. The second kappa shape index (κ2) is 5.30. The molecule has 0 aromatic carbocycles. The highest BCUT2D eigenvalue weighted by Crippen LogP contribution is 1.92. The molecule has 0 bridgehead atoms. The fourth-order valence-corrected chi connectivity index (χ4v) is 0.627. The first-order valence-electron chi connectivity index (χ1n) is 3.56. The lowest BCUT2D eigenvalue weighted by atomic mass is 10.4. The molecule has 0 rings (SSSR count). The number of rotatable bonds is 5. The van der Waals surface area contributed by atoms with Gasteiger partial charge in [0.25, 0.3) is 0 Å². The van der Waals surface area contributed by atoms with E-state index in [1.165, 1.54) is 0 Å². The molecule has 0 saturated heterocycles. The smallest absolute Gasteiger partial charge is 0.0889 e. The summed E-state index contributed by atoms with van der Waals surface area (Å²) in [6.07, 6.45) is 1.07. The Morgan fingerprint density at radius 2 is 2.10 bits per heavy atom. The van der Waals surface area contributed by atoms with E-state index in [4.69, 9.17) is 4.74 Å². The molecule has 0 aromatic rings. The first-order chi connectivity index (χ1) is 4.63. The van der Waals surface area contributed by atoms with Gasteiger partial charge in [-0.25, -0.2) is 0 Å². The summed E-state index contributed by atoms with van der Waals surface area (Å²) in [6, 6.07) is 0. The van der Waals surface area contributed by atoms with E-state index < -0.39 is 0 Å². The molecule has 2 nitrogen and oxygen atoms in total. The molecule has 0 aliphatic rings. The Balaban J connectivity index is 2.98. The number of allylic oxidation sites excluding steroid dienone is 1. The summed E-state index contributed by atoms with van der Waals surface area (Å²) < 4.78 is 5.17. The molecule has 0 heterocycles. The van der Waals surface area contributed by atoms with E-state index in [-0.39, 0.29) is 0 Å². The second-order valence-corrected chi connectivity index (χ2v) is 2.71. The summed E-state index contributed by atoms with van der Waals surface area (Å²) in [4.78, 5) is 2.14. The highest BCUT2D eigenvalue weighted by Gasteiger charge is 1.90. The van der Waals surface area contributed by atoms with Crippen molar-refractivity contribution in [2.45, 2.75) is 13.3 Å². The Kier molecular flexibility index (Phi) is 5.03. The van der Waals surface area contributed by atoms with Gasteiger partial charge < -0.3 is 9.64 Å². The minimum atomic E-state index is 0.785. The van der Waals surface area contributed by atoms with Crippen LogP contribution in [0.4, 0.5) is 0 Å². The third kappa shape index (κ3) is 7.50. The lowest BCUT2D eigenvalue weighted by molar-refractivity contribution is 0.199. The second-order valence-electron chi connectivity index (χ2n) is 2.71. The van der Waals surface area contributed by atoms with Crippen LogP contribution < -0.4 is 0 Å². The quantitative estimate of drug-likeness (QED) is 0.427. The number of nitrogens with zero attached hydrogens (tertiary/aromatic N) is 1. The van der Waals surface area contributed by atoms with Crippen molar-refractivity contribution in [1.29, 1.82) is 0 Å². The van der Waals surface area contributed by atoms with Crippen LogP contribution in [0, 0.1) is 0 Å². The van der Waals surface area contributed by atoms with Gasteiger partial charge in [-0.05, 0) is 27.4 Å². The van der Waals surface area contributed by atoms with Crippen LogP contribution in [0.1, 0.15) is 13.3 Å². The maximum atomic E-state index is 5.17. The zero-order chi connectivity index (χ0) is 7.98. The van der Waals surface area contributed by atoms with Crippen LogP contribution in [-0.2, 0) is 4.74 Å². The van der Waals surface area contributed by atoms with Crippen molar-refractivity contribution in [3.05, 3.63) is 12.3 Å². The third-order valence-electron chi connectivity index (χ3n) is 1.10. The zero-order valence-corrected chi connectivity index (χ0v) is 7.18. The van der Waals surface area contributed by atoms with Crippen LogP contribution >= 0.6 is 0 Å². The number of hydrogen-bond acceptors (Lipinski definition) is 2. The predicted molar refractivity (Wildman–Crippen MR) is 43.9 cm³/mol. The van der Waals surface area contributed by atoms with Gasteiger partial charge in [-0.1, -0.05) is 6.58 Å². The molecule has 0 aliphatic heterocycles. The Bertz CT molecular complexity index is 99.4. The van der Waals surface area contributed by atoms with E-state index in [9.17, 15) is 0 Å². The van der Waals surface area contributed by atoms with Gasteiger partial charge in [-0.15, -0.1) is 0 Å². The van der Waals surface area contributed by atoms with Crippen molar-refractivity contribution in [2.75, 3.05) is 27.2 Å². The highest BCUT2D eigenvalue weighted by atomic mass is 16.5. The average Bonchev–Trinajstić information content (AvgIpc) is 1.79. The summed E-state index contributed by atoms with van der Waals surface area (Å²) in [5.74, 6) is 0.804. The van der Waals surface area contributed by atoms with Gasteiger partial charge in [0, 0.05) is 6.54 Å². The van der Waals surface area contributed by atoms with E-state index in [0.29, 0.717) is 0 Å². The minimum Gasteiger partial charge on any atom is -0.499 e. The Morgan fingerprint density at radius 1 is 1.50 bits per heavy atom. The summed E-state index contributed by atoms with van der Waals surface area (Å²) in [6.45, 7) is 7.37. The van der Waals surface area contributed by atoms with E-state index in [2.05, 4.69) is 25.6 Å². The topological polar surface area (TPSA) is 12.5 Å². The van der Waals surface area contributed by atoms with Gasteiger partial charge in [-0.2, -0.15) is 0 Å². The van der Waals surface area contributed by atoms with Crippen LogP contribution in [-0.4, -0.2) is 32.1 Å². The van der Waals surface area contributed by atoms with Gasteiger partial charge in [0.1, 0.15) is 0 Å². The maximum absolute atomic E-state index is 5.17. The summed E-state index contributed by atoms with van der Waals surface area (Å²) in [5, 5.41) is 0. The molecule has 0 atom stereocenters. The fourth-order valence-electron chi connectivity index (χ4n) is 0.627. The van der Waals surface area contributed by atoms with Crippen molar-refractivity contribution in [3.8, 4) is 0 Å². The average molecular weight is 143 g/mol. The van der Waals surface area contributed by atoms with Crippen LogP contribution in [0.15, 0.2) is 12.3 Å². The first kappa shape index (κ1) is 9.50. The van der Waals surface area contributed by atoms with E-state index >= 15 is 0 Å². The molecule has 0 aromatic heterocycles. The lowest BCUT2D eigenvalue weighted by Gasteiger charge is -2.09. The molecular formula is C8H17NO. The van der Waals surface area contributed by atoms with Crippen LogP contribution in [0.3, 0.4) is 0 Å². The monoisotopic (exact) mass is 143 g/mol. The van der Waals surface area contributed by atoms with Crippen LogP contribution in [0.2, 0.25) is 0 Å². The minimum absolute atomic E-state index is 0.785. The summed E-state index contributed by atoms with van der Waals surface area (Å²) in [7, 11) is 4.11. The molecule has 10 heavy (non-hydrogen) atoms. The van der Waals surface area contributed by atoms with E-state index in [1.54, 1.807) is 0 Å². The van der Waals surface area contributed by atoms with E-state index in [0.717, 1.165) is 25.3 Å². The molecule has 0 radical (unpaired) electrons. The van der Waals surface area contributed by atoms with Crippen molar-refractivity contribution < 1.29 is 4.74 Å². The van der Waals surface area contributed by atoms with Crippen molar-refractivity contribution in [2.24, 2.45) is 0 Å². The molecule has 0 fully saturated rings. The Labute approximate surface area is 63.5 Å². The van der Waals surface area contributed by atoms with Crippen molar-refractivity contribution in [3.63, 3.8) is 0 Å². The molecule has 0 N–H and O–H groups in total. The van der Waals surface area contributed by atoms with Crippen molar-refractivity contribution >= 4 is 0 Å². The largest absolute Gasteiger partial charge is 0.499 e. The predicted octanol–water partition coefficient (Wildman–Crippen LogP) is 1.49. The molecule has 0 amide bonds. The first-order valence-corrected chi connectivity index (χ1v) is 3.56. The van der Waals surface area contributed by atoms with Crippen molar-refractivity contribution in [1.82, 2.24) is 4.90 Å². The normalized spacial score (nSPS) is 10.0. The SMILES string of the molecule is C=C(C)OCCCN(C)C. The van der Waals surface area contributed by atoms with Crippen LogP contribution in [0.25, 0.3) is 0 Å². The molecule has 60 valence electrons. The fraction of sp³-hybridized carbons (Fsp3) is 0.750. The van der Waals surface area contributed by atoms with Gasteiger partial charge in [-0.3, -0.25) is 0 Å². The summed E-state index contributed by atoms with van der Waals surface area (Å²) >= 11 is 0. The number of hydrogen-bond donors (Lipinski definition) is 0. The molecule has 0 aliphatic carbocycles. The van der Waals surface area contributed by atoms with E-state index in [1.807, 2.05) is 6.92 Å². The van der Waals surface area contributed by atoms with Gasteiger partial charge >= 0.3 is 0 Å². The van der Waals surface area contributed by atoms with Crippen LogP contribution in [0.5, 0.6) is 0 Å². The molecule has 2 heteroatoms. The molecule has 0 unspecified atom stereocenters. The number of ether oxygens (including phenoxy) is 1. The van der Waals surface area contributed by atoms with Gasteiger partial charge in [0.15, 0.2) is 0 Å². The molecule has 0 saturated carbocycles. The highest BCUT2D eigenvalue weighted by molar-refractivity contribution is 4.73. The zero-order valence-electron chi connectivity index (χ0n) is 7.18. The maximum Gasteiger partial charge on any atom is 0.0889 e. The Hall–Kier alpha value is -0.500. The third-order valence-corrected chi connectivity index (χ3v) is 1.10. The summed E-state index contributed by atoms with van der Waals surface area (Å²) in [5.41, 5.74) is 0. The lowest BCUT2D eigenvalue weighted by Crippen LogP contribution is -2.14. The molecule has 0 spiro atoms. The molecular weight excluding hydrogens is 126 g/mol. The Morgan fingerprint density at radius 3 is 2.50 bits per heavy atom. The van der Waals surface area contributed by atoms with Gasteiger partial charge in [0.2, 0.25) is 0 Å².